The first-order valence-corrected chi connectivity index (χ1v) is 13.0. The Kier molecular flexibility index (Phi) is 7.39. The summed E-state index contributed by atoms with van der Waals surface area (Å²) in [6.07, 6.45) is 1.63. The van der Waals surface area contributed by atoms with Gasteiger partial charge in [0.25, 0.3) is 15.9 Å². The third-order valence-electron chi connectivity index (χ3n) is 5.68. The number of rotatable bonds is 6. The van der Waals surface area contributed by atoms with Crippen LogP contribution >= 0.6 is 11.6 Å². The molecule has 4 N–H and O–H groups in total. The van der Waals surface area contributed by atoms with Crippen molar-refractivity contribution < 1.29 is 18.0 Å². The van der Waals surface area contributed by atoms with Gasteiger partial charge in [-0.15, -0.1) is 0 Å². The lowest BCUT2D eigenvalue weighted by atomic mass is 10.0. The van der Waals surface area contributed by atoms with Crippen LogP contribution in [0.25, 0.3) is 0 Å². The topological polar surface area (TPSA) is 116 Å². The van der Waals surface area contributed by atoms with Gasteiger partial charge in [-0.2, -0.15) is 0 Å². The van der Waals surface area contributed by atoms with E-state index in [-0.39, 0.29) is 15.5 Å². The number of hydrogen-bond donors (Lipinski definition) is 4. The number of nitrogens with one attached hydrogen (secondary N) is 4. The normalized spacial score (nSPS) is 13.0. The fourth-order valence-electron chi connectivity index (χ4n) is 3.77. The maximum Gasteiger partial charge on any atom is 0.326 e. The van der Waals surface area contributed by atoms with Crippen molar-refractivity contribution in [2.45, 2.75) is 31.2 Å². The summed E-state index contributed by atoms with van der Waals surface area (Å²) in [6.45, 7) is 3.55. The molecule has 0 saturated carbocycles. The van der Waals surface area contributed by atoms with Crippen molar-refractivity contribution in [3.8, 4) is 0 Å². The smallest absolute Gasteiger partial charge is 0.312 e. The van der Waals surface area contributed by atoms with Crippen molar-refractivity contribution in [1.82, 2.24) is 10.6 Å². The number of amides is 3. The minimum absolute atomic E-state index is 0.0403. The second kappa shape index (κ2) is 10.5. The van der Waals surface area contributed by atoms with Gasteiger partial charge in [-0.25, -0.2) is 13.2 Å². The van der Waals surface area contributed by atoms with E-state index in [1.54, 1.807) is 18.2 Å². The van der Waals surface area contributed by atoms with Crippen LogP contribution in [0.1, 0.15) is 34.0 Å². The van der Waals surface area contributed by atoms with Crippen LogP contribution in [0.3, 0.4) is 0 Å². The number of imide groups is 1. The molecule has 8 nitrogen and oxygen atoms in total. The molecule has 4 rings (SSSR count). The molecule has 1 heterocycles. The van der Waals surface area contributed by atoms with Crippen molar-refractivity contribution in [3.63, 3.8) is 0 Å². The third kappa shape index (κ3) is 6.00. The van der Waals surface area contributed by atoms with Crippen molar-refractivity contribution in [2.24, 2.45) is 0 Å². The highest BCUT2D eigenvalue weighted by atomic mass is 35.5. The molecule has 0 unspecified atom stereocenters. The van der Waals surface area contributed by atoms with Gasteiger partial charge in [0.15, 0.2) is 0 Å². The molecule has 0 saturated heterocycles. The SMILES string of the molecule is CCc1ccc(Cl)c(C(=O)NC(=O)Nc2ccc(S(=O)(=O)Nc3ccc4c(c3)CNCC4)cc2)c1. The Bertz CT molecular complexity index is 1370. The molecule has 0 bridgehead atoms. The summed E-state index contributed by atoms with van der Waals surface area (Å²) >= 11 is 6.09. The number of carbonyl (C=O) groups is 2. The second-order valence-corrected chi connectivity index (χ2v) is 10.2. The van der Waals surface area contributed by atoms with Crippen molar-refractivity contribution in [1.29, 1.82) is 0 Å². The third-order valence-corrected chi connectivity index (χ3v) is 7.41. The molecule has 182 valence electrons. The quantitative estimate of drug-likeness (QED) is 0.392. The summed E-state index contributed by atoms with van der Waals surface area (Å²) in [7, 11) is -3.82. The van der Waals surface area contributed by atoms with Crippen LogP contribution in [0.15, 0.2) is 65.6 Å². The fourth-order valence-corrected chi connectivity index (χ4v) is 5.03. The summed E-state index contributed by atoms with van der Waals surface area (Å²) in [6, 6.07) is 15.5. The Balaban J connectivity index is 1.39. The molecular formula is C25H25ClN4O4S. The summed E-state index contributed by atoms with van der Waals surface area (Å²) in [4.78, 5) is 24.8. The summed E-state index contributed by atoms with van der Waals surface area (Å²) in [5.74, 6) is -0.633. The number of anilines is 2. The molecule has 3 amide bonds. The van der Waals surface area contributed by atoms with Crippen LogP contribution < -0.4 is 20.7 Å². The first-order chi connectivity index (χ1) is 16.7. The van der Waals surface area contributed by atoms with Gasteiger partial charge in [-0.1, -0.05) is 30.7 Å². The van der Waals surface area contributed by atoms with Crippen LogP contribution in [0.2, 0.25) is 5.02 Å². The fraction of sp³-hybridized carbons (Fsp3) is 0.200. The zero-order chi connectivity index (χ0) is 25.0. The number of sulfonamides is 1. The van der Waals surface area contributed by atoms with Gasteiger partial charge in [0.1, 0.15) is 0 Å². The maximum atomic E-state index is 12.8. The zero-order valence-electron chi connectivity index (χ0n) is 19.0. The molecule has 35 heavy (non-hydrogen) atoms. The lowest BCUT2D eigenvalue weighted by Gasteiger charge is -2.18. The van der Waals surface area contributed by atoms with Crippen LogP contribution in [0, 0.1) is 0 Å². The van der Waals surface area contributed by atoms with E-state index in [1.165, 1.54) is 29.8 Å². The molecule has 0 atom stereocenters. The first kappa shape index (κ1) is 24.7. The average molecular weight is 513 g/mol. The molecule has 1 aliphatic heterocycles. The van der Waals surface area contributed by atoms with Gasteiger partial charge in [-0.3, -0.25) is 14.8 Å². The van der Waals surface area contributed by atoms with Crippen molar-refractivity contribution >= 4 is 44.9 Å². The molecule has 0 spiro atoms. The molecule has 0 aromatic heterocycles. The van der Waals surface area contributed by atoms with E-state index in [0.29, 0.717) is 17.9 Å². The predicted molar refractivity (Wildman–Crippen MR) is 136 cm³/mol. The van der Waals surface area contributed by atoms with E-state index in [0.717, 1.165) is 30.5 Å². The number of halogens is 1. The predicted octanol–water partition coefficient (Wildman–Crippen LogP) is 4.31. The monoisotopic (exact) mass is 512 g/mol. The van der Waals surface area contributed by atoms with Gasteiger partial charge in [0, 0.05) is 17.9 Å². The van der Waals surface area contributed by atoms with Crippen LogP contribution in [0.5, 0.6) is 0 Å². The molecule has 1 aliphatic rings. The first-order valence-electron chi connectivity index (χ1n) is 11.1. The number of carbonyl (C=O) groups excluding carboxylic acids is 2. The van der Waals surface area contributed by atoms with E-state index in [4.69, 9.17) is 11.6 Å². The second-order valence-electron chi connectivity index (χ2n) is 8.12. The molecule has 3 aromatic rings. The van der Waals surface area contributed by atoms with E-state index in [2.05, 4.69) is 20.7 Å². The van der Waals surface area contributed by atoms with Gasteiger partial charge in [0.2, 0.25) is 0 Å². The van der Waals surface area contributed by atoms with Crippen LogP contribution in [-0.2, 0) is 29.4 Å². The van der Waals surface area contributed by atoms with E-state index in [1.807, 2.05) is 25.1 Å². The Morgan fingerprint density at radius 1 is 0.971 bits per heavy atom. The summed E-state index contributed by atoms with van der Waals surface area (Å²) in [5.41, 5.74) is 4.20. The minimum atomic E-state index is -3.82. The highest BCUT2D eigenvalue weighted by Crippen LogP contribution is 2.23. The summed E-state index contributed by atoms with van der Waals surface area (Å²) in [5, 5.41) is 8.26. The van der Waals surface area contributed by atoms with E-state index < -0.39 is 22.0 Å². The maximum absolute atomic E-state index is 12.8. The molecule has 10 heteroatoms. The number of urea groups is 1. The Morgan fingerprint density at radius 2 is 1.71 bits per heavy atom. The molecular weight excluding hydrogens is 488 g/mol. The standard InChI is InChI=1S/C25H25ClN4O4S/c1-2-16-3-10-23(26)22(13-16)24(31)29-25(32)28-19-6-8-21(9-7-19)35(33,34)30-20-5-4-17-11-12-27-15-18(17)14-20/h3-10,13-14,27,30H,2,11-12,15H2,1H3,(H2,28,29,31,32). The largest absolute Gasteiger partial charge is 0.326 e. The van der Waals surface area contributed by atoms with Gasteiger partial charge >= 0.3 is 6.03 Å². The zero-order valence-corrected chi connectivity index (χ0v) is 20.6. The highest BCUT2D eigenvalue weighted by Gasteiger charge is 2.17. The highest BCUT2D eigenvalue weighted by molar-refractivity contribution is 7.92. The molecule has 3 aromatic carbocycles. The lowest BCUT2D eigenvalue weighted by molar-refractivity contribution is 0.0967. The van der Waals surface area contributed by atoms with Crippen molar-refractivity contribution in [3.05, 3.63) is 87.9 Å². The molecule has 0 radical (unpaired) electrons. The number of fused-ring (bicyclic) bond motifs is 1. The van der Waals surface area contributed by atoms with Gasteiger partial charge < -0.3 is 10.6 Å². The van der Waals surface area contributed by atoms with Gasteiger partial charge in [-0.05, 0) is 84.6 Å². The van der Waals surface area contributed by atoms with E-state index in [9.17, 15) is 18.0 Å². The lowest BCUT2D eigenvalue weighted by Crippen LogP contribution is -2.34. The Labute approximate surface area is 209 Å². The van der Waals surface area contributed by atoms with Gasteiger partial charge in [0.05, 0.1) is 15.5 Å². The van der Waals surface area contributed by atoms with Crippen LogP contribution in [0.4, 0.5) is 16.2 Å². The minimum Gasteiger partial charge on any atom is -0.312 e. The molecule has 0 fully saturated rings. The average Bonchev–Trinajstić information content (AvgIpc) is 2.84. The number of benzene rings is 3. The Morgan fingerprint density at radius 3 is 2.46 bits per heavy atom. The van der Waals surface area contributed by atoms with E-state index >= 15 is 0 Å². The van der Waals surface area contributed by atoms with Crippen LogP contribution in [-0.4, -0.2) is 26.9 Å². The number of aryl methyl sites for hydroxylation is 1. The summed E-state index contributed by atoms with van der Waals surface area (Å²) < 4.78 is 28.2. The molecule has 0 aliphatic carbocycles. The van der Waals surface area contributed by atoms with Crippen molar-refractivity contribution in [2.75, 3.05) is 16.6 Å². The Hall–Kier alpha value is -3.40. The number of hydrogen-bond acceptors (Lipinski definition) is 5.